The van der Waals surface area contributed by atoms with Crippen LogP contribution in [0.2, 0.25) is 5.02 Å². The topological polar surface area (TPSA) is 29.1 Å². The average molecular weight is 288 g/mol. The Kier molecular flexibility index (Phi) is 7.56. The van der Waals surface area contributed by atoms with Crippen molar-refractivity contribution in [2.45, 2.75) is 38.5 Å². The first kappa shape index (κ1) is 15.7. The third-order valence-electron chi connectivity index (χ3n) is 2.80. The molecule has 0 saturated carbocycles. The van der Waals surface area contributed by atoms with Gasteiger partial charge in [0.1, 0.15) is 0 Å². The smallest absolute Gasteiger partial charge is 0.0485 e. The molecule has 0 aliphatic rings. The van der Waals surface area contributed by atoms with E-state index in [0.717, 1.165) is 35.7 Å². The van der Waals surface area contributed by atoms with E-state index in [2.05, 4.69) is 19.2 Å². The van der Waals surface area contributed by atoms with Crippen molar-refractivity contribution in [3.05, 3.63) is 34.9 Å². The molecular formula is C14H22ClNOS. The minimum absolute atomic E-state index is 0.516. The van der Waals surface area contributed by atoms with Gasteiger partial charge in [-0.3, -0.25) is 4.21 Å². The highest BCUT2D eigenvalue weighted by Crippen LogP contribution is 2.11. The highest BCUT2D eigenvalue weighted by Gasteiger charge is 2.04. The summed E-state index contributed by atoms with van der Waals surface area (Å²) in [7, 11) is -0.769. The van der Waals surface area contributed by atoms with Gasteiger partial charge in [0.15, 0.2) is 0 Å². The van der Waals surface area contributed by atoms with Gasteiger partial charge in [-0.2, -0.15) is 0 Å². The van der Waals surface area contributed by atoms with E-state index in [1.807, 2.05) is 24.3 Å². The minimum Gasteiger partial charge on any atom is -0.315 e. The molecule has 0 bridgehead atoms. The number of rotatable bonds is 8. The molecule has 1 N–H and O–H groups in total. The van der Waals surface area contributed by atoms with Crippen LogP contribution in [0.4, 0.5) is 0 Å². The zero-order valence-electron chi connectivity index (χ0n) is 11.1. The third-order valence-corrected chi connectivity index (χ3v) is 4.45. The monoisotopic (exact) mass is 287 g/mol. The SMILES string of the molecule is CCNC(C)CCCS(=O)Cc1ccc(Cl)cc1. The molecular weight excluding hydrogens is 266 g/mol. The molecule has 0 amide bonds. The standard InChI is InChI=1S/C14H22ClNOS/c1-3-16-12(2)5-4-10-18(17)11-13-6-8-14(15)9-7-13/h6-9,12,16H,3-5,10-11H2,1-2H3. The van der Waals surface area contributed by atoms with Gasteiger partial charge in [-0.15, -0.1) is 0 Å². The summed E-state index contributed by atoms with van der Waals surface area (Å²) in [6.45, 7) is 5.27. The van der Waals surface area contributed by atoms with E-state index in [1.54, 1.807) is 0 Å². The minimum atomic E-state index is -0.769. The Bertz CT molecular complexity index is 367. The lowest BCUT2D eigenvalue weighted by atomic mass is 10.2. The number of hydrogen-bond acceptors (Lipinski definition) is 2. The van der Waals surface area contributed by atoms with E-state index < -0.39 is 10.8 Å². The Labute approximate surface area is 118 Å². The van der Waals surface area contributed by atoms with Crippen molar-refractivity contribution >= 4 is 22.4 Å². The van der Waals surface area contributed by atoms with Gasteiger partial charge in [0.2, 0.25) is 0 Å². The summed E-state index contributed by atoms with van der Waals surface area (Å²) in [6, 6.07) is 8.11. The van der Waals surface area contributed by atoms with Crippen molar-refractivity contribution in [1.29, 1.82) is 0 Å². The summed E-state index contributed by atoms with van der Waals surface area (Å²) in [5.74, 6) is 1.41. The molecule has 0 saturated heterocycles. The number of hydrogen-bond donors (Lipinski definition) is 1. The lowest BCUT2D eigenvalue weighted by Gasteiger charge is -2.11. The maximum absolute atomic E-state index is 11.9. The highest BCUT2D eigenvalue weighted by molar-refractivity contribution is 7.84. The Morgan fingerprint density at radius 1 is 1.33 bits per heavy atom. The van der Waals surface area contributed by atoms with E-state index in [9.17, 15) is 4.21 Å². The Balaban J connectivity index is 2.23. The van der Waals surface area contributed by atoms with Gasteiger partial charge in [-0.25, -0.2) is 0 Å². The normalized spacial score (nSPS) is 14.4. The van der Waals surface area contributed by atoms with Crippen LogP contribution in [0.5, 0.6) is 0 Å². The molecule has 0 spiro atoms. The average Bonchev–Trinajstić information content (AvgIpc) is 2.32. The second-order valence-electron chi connectivity index (χ2n) is 4.52. The van der Waals surface area contributed by atoms with E-state index in [4.69, 9.17) is 11.6 Å². The molecule has 0 aromatic heterocycles. The van der Waals surface area contributed by atoms with Gasteiger partial charge in [-0.05, 0) is 44.0 Å². The molecule has 0 aliphatic carbocycles. The Morgan fingerprint density at radius 3 is 2.61 bits per heavy atom. The second kappa shape index (κ2) is 8.68. The molecule has 0 radical (unpaired) electrons. The molecule has 0 aliphatic heterocycles. The summed E-state index contributed by atoms with van der Waals surface area (Å²) >= 11 is 5.81. The molecule has 2 nitrogen and oxygen atoms in total. The lowest BCUT2D eigenvalue weighted by molar-refractivity contribution is 0.525. The zero-order chi connectivity index (χ0) is 13.4. The van der Waals surface area contributed by atoms with Crippen LogP contribution in [0.25, 0.3) is 0 Å². The van der Waals surface area contributed by atoms with Crippen LogP contribution < -0.4 is 5.32 Å². The first-order valence-electron chi connectivity index (χ1n) is 6.44. The summed E-state index contributed by atoms with van der Waals surface area (Å²) < 4.78 is 11.9. The van der Waals surface area contributed by atoms with Gasteiger partial charge in [0, 0.05) is 33.4 Å². The molecule has 4 heteroatoms. The van der Waals surface area contributed by atoms with Crippen LogP contribution >= 0.6 is 11.6 Å². The maximum Gasteiger partial charge on any atom is 0.0485 e. The predicted octanol–water partition coefficient (Wildman–Crippen LogP) is 3.37. The van der Waals surface area contributed by atoms with Crippen molar-refractivity contribution in [3.8, 4) is 0 Å². The van der Waals surface area contributed by atoms with E-state index in [0.29, 0.717) is 11.8 Å². The fourth-order valence-corrected chi connectivity index (χ4v) is 3.16. The Hall–Kier alpha value is -0.380. The fourth-order valence-electron chi connectivity index (χ4n) is 1.84. The van der Waals surface area contributed by atoms with Crippen molar-refractivity contribution < 1.29 is 4.21 Å². The molecule has 2 atom stereocenters. The summed E-state index contributed by atoms with van der Waals surface area (Å²) in [4.78, 5) is 0. The highest BCUT2D eigenvalue weighted by atomic mass is 35.5. The van der Waals surface area contributed by atoms with E-state index >= 15 is 0 Å². The molecule has 102 valence electrons. The summed E-state index contributed by atoms with van der Waals surface area (Å²) in [5, 5.41) is 4.09. The molecule has 1 aromatic rings. The van der Waals surface area contributed by atoms with Crippen LogP contribution in [-0.4, -0.2) is 22.5 Å². The van der Waals surface area contributed by atoms with Crippen LogP contribution in [0.3, 0.4) is 0 Å². The first-order chi connectivity index (χ1) is 8.61. The predicted molar refractivity (Wildman–Crippen MR) is 80.5 cm³/mol. The van der Waals surface area contributed by atoms with Gasteiger partial charge in [0.25, 0.3) is 0 Å². The van der Waals surface area contributed by atoms with Gasteiger partial charge in [0.05, 0.1) is 0 Å². The number of halogens is 1. The molecule has 2 unspecified atom stereocenters. The number of benzene rings is 1. The van der Waals surface area contributed by atoms with Crippen LogP contribution in [0.1, 0.15) is 32.3 Å². The molecule has 18 heavy (non-hydrogen) atoms. The second-order valence-corrected chi connectivity index (χ2v) is 6.53. The number of nitrogens with one attached hydrogen (secondary N) is 1. The summed E-state index contributed by atoms with van der Waals surface area (Å²) in [5.41, 5.74) is 1.09. The van der Waals surface area contributed by atoms with Gasteiger partial charge < -0.3 is 5.32 Å². The van der Waals surface area contributed by atoms with Crippen LogP contribution in [0, 0.1) is 0 Å². The molecule has 0 fully saturated rings. The van der Waals surface area contributed by atoms with Crippen molar-refractivity contribution in [3.63, 3.8) is 0 Å². The Morgan fingerprint density at radius 2 is 2.00 bits per heavy atom. The van der Waals surface area contributed by atoms with E-state index in [1.165, 1.54) is 0 Å². The third kappa shape index (κ3) is 6.53. The first-order valence-corrected chi connectivity index (χ1v) is 8.31. The fraction of sp³-hybridized carbons (Fsp3) is 0.571. The summed E-state index contributed by atoms with van der Waals surface area (Å²) in [6.07, 6.45) is 2.09. The molecule has 1 aromatic carbocycles. The van der Waals surface area contributed by atoms with Crippen molar-refractivity contribution in [2.24, 2.45) is 0 Å². The van der Waals surface area contributed by atoms with Crippen LogP contribution in [-0.2, 0) is 16.6 Å². The quantitative estimate of drug-likeness (QED) is 0.794. The van der Waals surface area contributed by atoms with Gasteiger partial charge in [-0.1, -0.05) is 30.7 Å². The molecule has 0 heterocycles. The van der Waals surface area contributed by atoms with Gasteiger partial charge >= 0.3 is 0 Å². The van der Waals surface area contributed by atoms with E-state index in [-0.39, 0.29) is 0 Å². The zero-order valence-corrected chi connectivity index (χ0v) is 12.7. The largest absolute Gasteiger partial charge is 0.315 e. The lowest BCUT2D eigenvalue weighted by Crippen LogP contribution is -2.25. The maximum atomic E-state index is 11.9. The van der Waals surface area contributed by atoms with Crippen molar-refractivity contribution in [1.82, 2.24) is 5.32 Å². The molecule has 1 rings (SSSR count). The van der Waals surface area contributed by atoms with Crippen LogP contribution in [0.15, 0.2) is 24.3 Å². The van der Waals surface area contributed by atoms with Crippen molar-refractivity contribution in [2.75, 3.05) is 12.3 Å².